The summed E-state index contributed by atoms with van der Waals surface area (Å²) in [7, 11) is 1.46. The van der Waals surface area contributed by atoms with Gasteiger partial charge in [-0.2, -0.15) is 0 Å². The van der Waals surface area contributed by atoms with Crippen molar-refractivity contribution < 1.29 is 33.7 Å². The number of rotatable bonds is 5. The molecule has 3 unspecified atom stereocenters. The lowest BCUT2D eigenvalue weighted by molar-refractivity contribution is -0.140. The van der Waals surface area contributed by atoms with Crippen LogP contribution in [-0.2, 0) is 25.5 Å². The SMILES string of the molecule is C=CC1C=C(/C=C\C)O[C@H](C)CNC(C2(O)CC2)C(=O)N(C)CC(=O)N[C@H](Cc2ccc(F)cc2)C(=O)NCCC1O.CC. The highest BCUT2D eigenvalue weighted by Crippen LogP contribution is 2.39. The number of hydrogen-bond acceptors (Lipinski definition) is 7. The lowest BCUT2D eigenvalue weighted by Crippen LogP contribution is -2.56. The Balaban J connectivity index is 0.00000330. The normalized spacial score (nSPS) is 27.3. The predicted octanol–water partition coefficient (Wildman–Crippen LogP) is 2.37. The second kappa shape index (κ2) is 17.7. The Morgan fingerprint density at radius 3 is 2.43 bits per heavy atom. The number of carbonyl (C=O) groups is 3. The summed E-state index contributed by atoms with van der Waals surface area (Å²) in [6.45, 7) is 11.5. The van der Waals surface area contributed by atoms with Crippen LogP contribution in [0.2, 0.25) is 0 Å². The molecule has 0 spiro atoms. The summed E-state index contributed by atoms with van der Waals surface area (Å²) in [6, 6.07) is 3.62. The van der Waals surface area contributed by atoms with Crippen LogP contribution >= 0.6 is 0 Å². The van der Waals surface area contributed by atoms with Gasteiger partial charge in [-0.25, -0.2) is 4.39 Å². The van der Waals surface area contributed by atoms with Gasteiger partial charge in [-0.3, -0.25) is 19.7 Å². The number of amides is 3. The minimum absolute atomic E-state index is 0.0853. The van der Waals surface area contributed by atoms with Crippen molar-refractivity contribution in [1.29, 1.82) is 0 Å². The van der Waals surface area contributed by atoms with Crippen LogP contribution in [0.5, 0.6) is 0 Å². The highest BCUT2D eigenvalue weighted by molar-refractivity contribution is 5.91. The summed E-state index contributed by atoms with van der Waals surface area (Å²) in [5.74, 6) is -1.94. The third-order valence-electron chi connectivity index (χ3n) is 7.40. The lowest BCUT2D eigenvalue weighted by Gasteiger charge is -2.29. The van der Waals surface area contributed by atoms with Crippen molar-refractivity contribution in [2.24, 2.45) is 5.92 Å². The average Bonchev–Trinajstić information content (AvgIpc) is 3.74. The van der Waals surface area contributed by atoms with Gasteiger partial charge in [0, 0.05) is 32.5 Å². The Kier molecular flexibility index (Phi) is 14.7. The largest absolute Gasteiger partial charge is 0.490 e. The molecular weight excluding hydrogens is 567 g/mol. The van der Waals surface area contributed by atoms with Crippen molar-refractivity contribution in [1.82, 2.24) is 20.9 Å². The van der Waals surface area contributed by atoms with Crippen molar-refractivity contribution in [2.45, 2.75) is 83.3 Å². The average molecular weight is 617 g/mol. The number of nitrogens with one attached hydrogen (secondary N) is 3. The van der Waals surface area contributed by atoms with Crippen LogP contribution in [-0.4, -0.2) is 89.4 Å². The Labute approximate surface area is 260 Å². The van der Waals surface area contributed by atoms with Crippen molar-refractivity contribution in [2.75, 3.05) is 26.7 Å². The molecule has 0 bridgehead atoms. The maximum atomic E-state index is 13.4. The van der Waals surface area contributed by atoms with E-state index in [1.165, 1.54) is 36.2 Å². The van der Waals surface area contributed by atoms with E-state index in [0.29, 0.717) is 24.2 Å². The fourth-order valence-corrected chi connectivity index (χ4v) is 4.78. The van der Waals surface area contributed by atoms with Crippen LogP contribution in [0.1, 0.15) is 52.5 Å². The Hall–Kier alpha value is -3.54. The molecule has 10 nitrogen and oxygen atoms in total. The van der Waals surface area contributed by atoms with Crippen molar-refractivity contribution in [3.8, 4) is 0 Å². The van der Waals surface area contributed by atoms with Gasteiger partial charge in [0.05, 0.1) is 18.2 Å². The topological polar surface area (TPSA) is 140 Å². The second-order valence-electron chi connectivity index (χ2n) is 11.0. The molecular formula is C33H49FN4O6. The number of benzene rings is 1. The molecule has 1 heterocycles. The van der Waals surface area contributed by atoms with Gasteiger partial charge in [0.15, 0.2) is 0 Å². The molecule has 3 rings (SSSR count). The fourth-order valence-electron chi connectivity index (χ4n) is 4.78. The van der Waals surface area contributed by atoms with Crippen LogP contribution in [0.4, 0.5) is 4.39 Å². The molecule has 5 atom stereocenters. The van der Waals surface area contributed by atoms with E-state index in [9.17, 15) is 29.0 Å². The van der Waals surface area contributed by atoms with Gasteiger partial charge in [-0.1, -0.05) is 38.1 Å². The third-order valence-corrected chi connectivity index (χ3v) is 7.40. The van der Waals surface area contributed by atoms with Crippen molar-refractivity contribution in [3.63, 3.8) is 0 Å². The number of halogens is 1. The predicted molar refractivity (Wildman–Crippen MR) is 168 cm³/mol. The van der Waals surface area contributed by atoms with E-state index in [1.807, 2.05) is 27.7 Å². The molecule has 0 saturated heterocycles. The second-order valence-corrected chi connectivity index (χ2v) is 11.0. The molecule has 5 N–H and O–H groups in total. The van der Waals surface area contributed by atoms with Gasteiger partial charge < -0.3 is 30.5 Å². The molecule has 1 aliphatic heterocycles. The maximum Gasteiger partial charge on any atom is 0.242 e. The Morgan fingerprint density at radius 2 is 1.84 bits per heavy atom. The molecule has 0 aromatic heterocycles. The molecule has 244 valence electrons. The van der Waals surface area contributed by atoms with E-state index in [2.05, 4.69) is 22.5 Å². The van der Waals surface area contributed by atoms with E-state index in [-0.39, 0.29) is 32.5 Å². The van der Waals surface area contributed by atoms with E-state index in [1.54, 1.807) is 24.3 Å². The summed E-state index contributed by atoms with van der Waals surface area (Å²) >= 11 is 0. The molecule has 0 radical (unpaired) electrons. The summed E-state index contributed by atoms with van der Waals surface area (Å²) in [4.78, 5) is 40.8. The number of carbonyl (C=O) groups excluding carboxylic acids is 3. The fraction of sp³-hybridized carbons (Fsp3) is 0.545. The zero-order chi connectivity index (χ0) is 32.9. The zero-order valence-corrected chi connectivity index (χ0v) is 26.5. The smallest absolute Gasteiger partial charge is 0.242 e. The van der Waals surface area contributed by atoms with E-state index >= 15 is 0 Å². The van der Waals surface area contributed by atoms with Gasteiger partial charge in [0.1, 0.15) is 29.8 Å². The minimum Gasteiger partial charge on any atom is -0.490 e. The van der Waals surface area contributed by atoms with Gasteiger partial charge in [0.2, 0.25) is 17.7 Å². The van der Waals surface area contributed by atoms with E-state index < -0.39 is 59.3 Å². The number of nitrogens with zero attached hydrogens (tertiary/aromatic N) is 1. The lowest BCUT2D eigenvalue weighted by atomic mass is 9.98. The standard InChI is InChI=1S/C31H43FN4O6.C2H6/c1-5-7-24-17-22(6-2)26(37)12-15-33-29(39)25(16-21-8-10-23(32)11-9-21)35-27(38)19-36(4)30(40)28(31(41)13-14-31)34-18-20(3)42-24;1-2/h5-11,17,20,22,25-26,28,34,37,41H,2,12-16,18-19H2,1,3-4H3,(H,33,39)(H,35,38);1-2H3/b7-5-,24-17?;/t20-,22?,25-,26?,28?;/m1./s1. The molecule has 1 fully saturated rings. The first kappa shape index (κ1) is 36.7. The molecule has 3 amide bonds. The Bertz CT molecular complexity index is 1170. The van der Waals surface area contributed by atoms with Gasteiger partial charge in [0.25, 0.3) is 0 Å². The number of aliphatic hydroxyl groups is 2. The first-order chi connectivity index (χ1) is 20.9. The first-order valence-corrected chi connectivity index (χ1v) is 15.3. The van der Waals surface area contributed by atoms with Crippen LogP contribution in [0.15, 0.2) is 60.9 Å². The summed E-state index contributed by atoms with van der Waals surface area (Å²) in [6.07, 6.45) is 6.77. The third kappa shape index (κ3) is 11.2. The van der Waals surface area contributed by atoms with Gasteiger partial charge in [-0.15, -0.1) is 6.58 Å². The molecule has 1 aliphatic carbocycles. The molecule has 44 heavy (non-hydrogen) atoms. The molecule has 2 aliphatic rings. The van der Waals surface area contributed by atoms with Crippen LogP contribution < -0.4 is 16.0 Å². The van der Waals surface area contributed by atoms with E-state index in [0.717, 1.165) is 0 Å². The number of ether oxygens (including phenoxy) is 1. The van der Waals surface area contributed by atoms with Crippen LogP contribution in [0.25, 0.3) is 0 Å². The minimum atomic E-state index is -1.23. The van der Waals surface area contributed by atoms with Crippen LogP contribution in [0.3, 0.4) is 0 Å². The van der Waals surface area contributed by atoms with Gasteiger partial charge >= 0.3 is 0 Å². The molecule has 1 aromatic carbocycles. The number of allylic oxidation sites excluding steroid dienone is 2. The summed E-state index contributed by atoms with van der Waals surface area (Å²) < 4.78 is 19.5. The van der Waals surface area contributed by atoms with E-state index in [4.69, 9.17) is 4.74 Å². The number of likely N-dealkylation sites (N-methyl/N-ethyl adjacent to an activating group) is 1. The molecule has 11 heteroatoms. The number of aliphatic hydroxyl groups excluding tert-OH is 1. The van der Waals surface area contributed by atoms with Crippen molar-refractivity contribution >= 4 is 17.7 Å². The summed E-state index contributed by atoms with van der Waals surface area (Å²) in [5.41, 5.74) is -0.604. The summed E-state index contributed by atoms with van der Waals surface area (Å²) in [5, 5.41) is 30.3. The van der Waals surface area contributed by atoms with Crippen molar-refractivity contribution in [3.05, 3.63) is 72.3 Å². The highest BCUT2D eigenvalue weighted by atomic mass is 19.1. The quantitative estimate of drug-likeness (QED) is 0.320. The first-order valence-electron chi connectivity index (χ1n) is 15.3. The Morgan fingerprint density at radius 1 is 1.18 bits per heavy atom. The van der Waals surface area contributed by atoms with Gasteiger partial charge in [-0.05, 0) is 63.0 Å². The monoisotopic (exact) mass is 616 g/mol. The molecule has 1 saturated carbocycles. The van der Waals surface area contributed by atoms with Crippen LogP contribution in [0, 0.1) is 11.7 Å². The number of hydrogen-bond donors (Lipinski definition) is 5. The maximum absolute atomic E-state index is 13.4. The molecule has 1 aromatic rings. The highest BCUT2D eigenvalue weighted by Gasteiger charge is 2.52. The zero-order valence-electron chi connectivity index (χ0n) is 26.5.